The molecule has 0 spiro atoms. The summed E-state index contributed by atoms with van der Waals surface area (Å²) in [6.45, 7) is 8.65. The first-order chi connectivity index (χ1) is 10.7. The first kappa shape index (κ1) is 16.6. The summed E-state index contributed by atoms with van der Waals surface area (Å²) in [5.41, 5.74) is 1.11. The molecule has 1 atom stereocenters. The van der Waals surface area contributed by atoms with Gasteiger partial charge in [0.15, 0.2) is 5.96 Å². The molecule has 2 rings (SSSR count). The van der Waals surface area contributed by atoms with Gasteiger partial charge < -0.3 is 15.4 Å². The molecule has 1 heterocycles. The average molecular weight is 304 g/mol. The molecular weight excluding hydrogens is 276 g/mol. The fraction of sp³-hybridized carbons (Fsp3) is 0.647. The van der Waals surface area contributed by atoms with Crippen LogP contribution in [-0.2, 0) is 6.54 Å². The molecule has 1 fully saturated rings. The lowest BCUT2D eigenvalue weighted by Crippen LogP contribution is -2.41. The number of nitrogens with zero attached hydrogens (tertiary/aromatic N) is 2. The standard InChI is InChI=1S/C17H28N4O/c1-4-13(3)21-17(18-5-2)20-11-15-8-9-19-16(10-15)22-12-14-6-7-14/h8-10,13-14H,4-7,11-12H2,1-3H3,(H2,18,20,21). The molecule has 1 unspecified atom stereocenters. The highest BCUT2D eigenvalue weighted by molar-refractivity contribution is 5.80. The Balaban J connectivity index is 1.91. The normalized spacial score (nSPS) is 16.2. The molecule has 1 aromatic heterocycles. The SMILES string of the molecule is CCNC(=NCc1ccnc(OCC2CC2)c1)NC(C)CC. The van der Waals surface area contributed by atoms with E-state index in [9.17, 15) is 0 Å². The summed E-state index contributed by atoms with van der Waals surface area (Å²) in [7, 11) is 0. The summed E-state index contributed by atoms with van der Waals surface area (Å²) in [6.07, 6.45) is 5.44. The Hall–Kier alpha value is -1.78. The second-order valence-corrected chi connectivity index (χ2v) is 5.91. The molecule has 1 aromatic rings. The van der Waals surface area contributed by atoms with Crippen molar-refractivity contribution < 1.29 is 4.74 Å². The summed E-state index contributed by atoms with van der Waals surface area (Å²) < 4.78 is 5.72. The zero-order valence-electron chi connectivity index (χ0n) is 13.9. The molecule has 122 valence electrons. The van der Waals surface area contributed by atoms with Gasteiger partial charge in [-0.1, -0.05) is 6.92 Å². The molecule has 1 aliphatic rings. The Kier molecular flexibility index (Phi) is 6.49. The number of aromatic nitrogens is 1. The molecule has 0 bridgehead atoms. The first-order valence-electron chi connectivity index (χ1n) is 8.33. The van der Waals surface area contributed by atoms with Crippen molar-refractivity contribution in [3.8, 4) is 5.88 Å². The smallest absolute Gasteiger partial charge is 0.213 e. The van der Waals surface area contributed by atoms with E-state index in [4.69, 9.17) is 4.74 Å². The second-order valence-electron chi connectivity index (χ2n) is 5.91. The minimum atomic E-state index is 0.410. The molecule has 2 N–H and O–H groups in total. The fourth-order valence-corrected chi connectivity index (χ4v) is 1.94. The van der Waals surface area contributed by atoms with E-state index in [0.717, 1.165) is 37.0 Å². The van der Waals surface area contributed by atoms with Gasteiger partial charge in [0.1, 0.15) is 0 Å². The number of rotatable bonds is 8. The van der Waals surface area contributed by atoms with Crippen molar-refractivity contribution in [1.29, 1.82) is 0 Å². The average Bonchev–Trinajstić information content (AvgIpc) is 3.35. The minimum Gasteiger partial charge on any atom is -0.477 e. The molecule has 0 amide bonds. The van der Waals surface area contributed by atoms with E-state index < -0.39 is 0 Å². The van der Waals surface area contributed by atoms with Crippen molar-refractivity contribution in [1.82, 2.24) is 15.6 Å². The van der Waals surface area contributed by atoms with E-state index in [1.54, 1.807) is 6.20 Å². The predicted molar refractivity (Wildman–Crippen MR) is 90.2 cm³/mol. The Morgan fingerprint density at radius 1 is 1.45 bits per heavy atom. The van der Waals surface area contributed by atoms with E-state index in [2.05, 4.69) is 41.4 Å². The van der Waals surface area contributed by atoms with E-state index in [1.807, 2.05) is 12.1 Å². The van der Waals surface area contributed by atoms with Gasteiger partial charge in [-0.05, 0) is 50.7 Å². The van der Waals surface area contributed by atoms with Crippen molar-refractivity contribution in [3.05, 3.63) is 23.9 Å². The molecular formula is C17H28N4O. The topological polar surface area (TPSA) is 58.5 Å². The van der Waals surface area contributed by atoms with Crippen LogP contribution >= 0.6 is 0 Å². The lowest BCUT2D eigenvalue weighted by molar-refractivity contribution is 0.288. The van der Waals surface area contributed by atoms with Crippen LogP contribution in [0.3, 0.4) is 0 Å². The third-order valence-electron chi connectivity index (χ3n) is 3.72. The van der Waals surface area contributed by atoms with Crippen LogP contribution < -0.4 is 15.4 Å². The van der Waals surface area contributed by atoms with Crippen molar-refractivity contribution in [2.45, 2.75) is 52.6 Å². The molecule has 0 aromatic carbocycles. The van der Waals surface area contributed by atoms with Gasteiger partial charge in [0, 0.05) is 24.8 Å². The number of nitrogens with one attached hydrogen (secondary N) is 2. The van der Waals surface area contributed by atoms with Crippen LogP contribution in [0.15, 0.2) is 23.3 Å². The third kappa shape index (κ3) is 5.92. The minimum absolute atomic E-state index is 0.410. The summed E-state index contributed by atoms with van der Waals surface area (Å²) in [6, 6.07) is 4.38. The highest BCUT2D eigenvalue weighted by Crippen LogP contribution is 2.29. The zero-order chi connectivity index (χ0) is 15.8. The number of hydrogen-bond acceptors (Lipinski definition) is 3. The molecule has 0 aliphatic heterocycles. The maximum Gasteiger partial charge on any atom is 0.213 e. The van der Waals surface area contributed by atoms with Gasteiger partial charge in [0.25, 0.3) is 0 Å². The molecule has 0 radical (unpaired) electrons. The largest absolute Gasteiger partial charge is 0.477 e. The van der Waals surface area contributed by atoms with Crippen LogP contribution in [0.4, 0.5) is 0 Å². The number of hydrogen-bond donors (Lipinski definition) is 2. The number of pyridine rings is 1. The van der Waals surface area contributed by atoms with Crippen molar-refractivity contribution >= 4 is 5.96 Å². The van der Waals surface area contributed by atoms with Crippen LogP contribution in [0.5, 0.6) is 5.88 Å². The van der Waals surface area contributed by atoms with E-state index in [0.29, 0.717) is 18.5 Å². The summed E-state index contributed by atoms with van der Waals surface area (Å²) in [4.78, 5) is 8.89. The van der Waals surface area contributed by atoms with Gasteiger partial charge in [0.05, 0.1) is 13.2 Å². The monoisotopic (exact) mass is 304 g/mol. The van der Waals surface area contributed by atoms with Gasteiger partial charge in [-0.15, -0.1) is 0 Å². The van der Waals surface area contributed by atoms with Gasteiger partial charge in [-0.2, -0.15) is 0 Å². The molecule has 1 saturated carbocycles. The summed E-state index contributed by atoms with van der Waals surface area (Å²) >= 11 is 0. The van der Waals surface area contributed by atoms with Gasteiger partial charge in [-0.3, -0.25) is 0 Å². The molecule has 5 nitrogen and oxygen atoms in total. The maximum atomic E-state index is 5.72. The van der Waals surface area contributed by atoms with Crippen molar-refractivity contribution in [2.24, 2.45) is 10.9 Å². The molecule has 5 heteroatoms. The lowest BCUT2D eigenvalue weighted by Gasteiger charge is -2.16. The predicted octanol–water partition coefficient (Wildman–Crippen LogP) is 2.72. The maximum absolute atomic E-state index is 5.72. The van der Waals surface area contributed by atoms with Crippen LogP contribution in [0.25, 0.3) is 0 Å². The summed E-state index contributed by atoms with van der Waals surface area (Å²) in [5, 5.41) is 6.67. The third-order valence-corrected chi connectivity index (χ3v) is 3.72. The second kappa shape index (κ2) is 8.61. The molecule has 1 aliphatic carbocycles. The quantitative estimate of drug-likeness (QED) is 0.573. The molecule has 0 saturated heterocycles. The van der Waals surface area contributed by atoms with E-state index in [-0.39, 0.29) is 0 Å². The van der Waals surface area contributed by atoms with Crippen LogP contribution in [0.2, 0.25) is 0 Å². The number of ether oxygens (including phenoxy) is 1. The first-order valence-corrected chi connectivity index (χ1v) is 8.33. The van der Waals surface area contributed by atoms with Gasteiger partial charge in [0.2, 0.25) is 5.88 Å². The molecule has 22 heavy (non-hydrogen) atoms. The fourth-order valence-electron chi connectivity index (χ4n) is 1.94. The highest BCUT2D eigenvalue weighted by Gasteiger charge is 2.22. The summed E-state index contributed by atoms with van der Waals surface area (Å²) in [5.74, 6) is 2.30. The van der Waals surface area contributed by atoms with E-state index >= 15 is 0 Å². The van der Waals surface area contributed by atoms with Gasteiger partial charge in [-0.25, -0.2) is 9.98 Å². The van der Waals surface area contributed by atoms with E-state index in [1.165, 1.54) is 12.8 Å². The lowest BCUT2D eigenvalue weighted by atomic mass is 10.2. The number of guanidine groups is 1. The Morgan fingerprint density at radius 2 is 2.27 bits per heavy atom. The highest BCUT2D eigenvalue weighted by atomic mass is 16.5. The van der Waals surface area contributed by atoms with Crippen LogP contribution in [-0.4, -0.2) is 30.1 Å². The van der Waals surface area contributed by atoms with Crippen molar-refractivity contribution in [3.63, 3.8) is 0 Å². The van der Waals surface area contributed by atoms with Crippen LogP contribution in [0, 0.1) is 5.92 Å². The Labute approximate surface area is 133 Å². The Bertz CT molecular complexity index is 485. The zero-order valence-corrected chi connectivity index (χ0v) is 13.9. The Morgan fingerprint density at radius 3 is 2.95 bits per heavy atom. The van der Waals surface area contributed by atoms with Gasteiger partial charge >= 0.3 is 0 Å². The van der Waals surface area contributed by atoms with Crippen molar-refractivity contribution in [2.75, 3.05) is 13.2 Å². The van der Waals surface area contributed by atoms with Crippen LogP contribution in [0.1, 0.15) is 45.6 Å². The number of aliphatic imine (C=N–C) groups is 1.